The summed E-state index contributed by atoms with van der Waals surface area (Å²) in [4.78, 5) is 29.2. The Labute approximate surface area is 117 Å². The Morgan fingerprint density at radius 3 is 2.65 bits per heavy atom. The van der Waals surface area contributed by atoms with Gasteiger partial charge in [-0.15, -0.1) is 0 Å². The summed E-state index contributed by atoms with van der Waals surface area (Å²) in [6.45, 7) is 1.30. The normalized spacial score (nSPS) is 15.9. The van der Waals surface area contributed by atoms with Gasteiger partial charge >= 0.3 is 11.8 Å². The van der Waals surface area contributed by atoms with Crippen molar-refractivity contribution in [1.82, 2.24) is 15.3 Å². The molecule has 0 saturated carbocycles. The molecule has 1 aliphatic heterocycles. The highest BCUT2D eigenvalue weighted by molar-refractivity contribution is 6.35. The molecular weight excluding hydrogens is 256 g/mol. The van der Waals surface area contributed by atoms with Gasteiger partial charge in [-0.3, -0.25) is 14.6 Å². The zero-order valence-corrected chi connectivity index (χ0v) is 11.3. The van der Waals surface area contributed by atoms with Gasteiger partial charge in [-0.05, 0) is 18.9 Å². The summed E-state index contributed by atoms with van der Waals surface area (Å²) in [5.41, 5.74) is 3.02. The van der Waals surface area contributed by atoms with Crippen molar-refractivity contribution < 1.29 is 9.59 Å². The Balaban J connectivity index is 1.84. The molecule has 2 heterocycles. The molecule has 1 aliphatic rings. The molecule has 2 rings (SSSR count). The second-order valence-electron chi connectivity index (χ2n) is 4.69. The van der Waals surface area contributed by atoms with Gasteiger partial charge in [0.2, 0.25) is 0 Å². The highest BCUT2D eigenvalue weighted by Crippen LogP contribution is 2.09. The number of rotatable bonds is 2. The van der Waals surface area contributed by atoms with E-state index in [1.807, 2.05) is 0 Å². The quantitative estimate of drug-likeness (QED) is 0.495. The number of carbonyl (C=O) groups excluding carboxylic acids is 2. The Hall–Kier alpha value is -2.24. The number of amides is 2. The van der Waals surface area contributed by atoms with Crippen LogP contribution in [0.25, 0.3) is 0 Å². The molecule has 20 heavy (non-hydrogen) atoms. The van der Waals surface area contributed by atoms with Gasteiger partial charge in [0.1, 0.15) is 0 Å². The van der Waals surface area contributed by atoms with Crippen LogP contribution in [0.3, 0.4) is 0 Å². The average Bonchev–Trinajstić information content (AvgIpc) is 2.76. The zero-order valence-electron chi connectivity index (χ0n) is 11.3. The lowest BCUT2D eigenvalue weighted by atomic mass is 10.2. The summed E-state index contributed by atoms with van der Waals surface area (Å²) >= 11 is 0. The van der Waals surface area contributed by atoms with Crippen molar-refractivity contribution in [2.45, 2.75) is 25.7 Å². The van der Waals surface area contributed by atoms with E-state index < -0.39 is 11.8 Å². The topological polar surface area (TPSA) is 74.7 Å². The third kappa shape index (κ3) is 4.15. The minimum Gasteiger partial charge on any atom is -0.334 e. The molecule has 0 spiro atoms. The molecule has 0 radical (unpaired) electrons. The van der Waals surface area contributed by atoms with Gasteiger partial charge in [-0.2, -0.15) is 5.10 Å². The number of nitrogens with zero attached hydrogens (tertiary/aromatic N) is 3. The Kier molecular flexibility index (Phi) is 5.23. The molecule has 106 valence electrons. The lowest BCUT2D eigenvalue weighted by molar-refractivity contribution is -0.145. The standard InChI is InChI=1S/C14H18N4O2/c19-13(14(20)18-8-3-1-2-4-9-18)17-16-11-12-6-5-7-15-10-12/h5-7,10-11H,1-4,8-9H2,(H,17,19)/b16-11-. The lowest BCUT2D eigenvalue weighted by Gasteiger charge is -2.18. The predicted molar refractivity (Wildman–Crippen MR) is 75.0 cm³/mol. The molecule has 0 aliphatic carbocycles. The SMILES string of the molecule is O=C(N/N=C\c1cccnc1)C(=O)N1CCCCCC1. The van der Waals surface area contributed by atoms with Crippen LogP contribution in [0.4, 0.5) is 0 Å². The molecule has 0 unspecified atom stereocenters. The number of likely N-dealkylation sites (tertiary alicyclic amines) is 1. The summed E-state index contributed by atoms with van der Waals surface area (Å²) in [7, 11) is 0. The maximum absolute atomic E-state index is 11.9. The zero-order chi connectivity index (χ0) is 14.2. The van der Waals surface area contributed by atoms with Crippen LogP contribution >= 0.6 is 0 Å². The number of carbonyl (C=O) groups is 2. The van der Waals surface area contributed by atoms with Crippen molar-refractivity contribution in [2.24, 2.45) is 5.10 Å². The molecule has 1 N–H and O–H groups in total. The van der Waals surface area contributed by atoms with E-state index in [2.05, 4.69) is 15.5 Å². The van der Waals surface area contributed by atoms with Crippen LogP contribution in [0.5, 0.6) is 0 Å². The van der Waals surface area contributed by atoms with Crippen LogP contribution in [0.1, 0.15) is 31.2 Å². The number of aromatic nitrogens is 1. The number of hydrogen-bond acceptors (Lipinski definition) is 4. The van der Waals surface area contributed by atoms with Gasteiger partial charge in [0.15, 0.2) is 0 Å². The van der Waals surface area contributed by atoms with Crippen molar-refractivity contribution in [3.63, 3.8) is 0 Å². The Bertz CT molecular complexity index is 479. The molecule has 0 atom stereocenters. The second kappa shape index (κ2) is 7.37. The minimum atomic E-state index is -0.688. The summed E-state index contributed by atoms with van der Waals surface area (Å²) in [6.07, 6.45) is 8.87. The van der Waals surface area contributed by atoms with Gasteiger partial charge in [0.05, 0.1) is 6.21 Å². The number of hydrazone groups is 1. The molecule has 1 fully saturated rings. The van der Waals surface area contributed by atoms with Crippen LogP contribution in [0, 0.1) is 0 Å². The largest absolute Gasteiger partial charge is 0.334 e. The number of nitrogens with one attached hydrogen (secondary N) is 1. The maximum atomic E-state index is 11.9. The van der Waals surface area contributed by atoms with Crippen LogP contribution in [-0.4, -0.2) is 41.0 Å². The first kappa shape index (κ1) is 14.2. The van der Waals surface area contributed by atoms with E-state index in [1.165, 1.54) is 6.21 Å². The maximum Gasteiger partial charge on any atom is 0.329 e. The first-order chi connectivity index (χ1) is 9.77. The third-order valence-electron chi connectivity index (χ3n) is 3.15. The van der Waals surface area contributed by atoms with E-state index in [1.54, 1.807) is 29.4 Å². The summed E-state index contributed by atoms with van der Waals surface area (Å²) < 4.78 is 0. The fraction of sp³-hybridized carbons (Fsp3) is 0.429. The molecule has 6 nitrogen and oxygen atoms in total. The van der Waals surface area contributed by atoms with E-state index in [4.69, 9.17) is 0 Å². The molecule has 0 bridgehead atoms. The third-order valence-corrected chi connectivity index (χ3v) is 3.15. The van der Waals surface area contributed by atoms with Crippen LogP contribution < -0.4 is 5.43 Å². The Morgan fingerprint density at radius 1 is 1.25 bits per heavy atom. The van der Waals surface area contributed by atoms with E-state index >= 15 is 0 Å². The van der Waals surface area contributed by atoms with E-state index in [0.29, 0.717) is 13.1 Å². The molecule has 1 aromatic rings. The molecule has 2 amide bonds. The summed E-state index contributed by atoms with van der Waals surface area (Å²) in [5, 5.41) is 3.77. The Morgan fingerprint density at radius 2 is 2.00 bits per heavy atom. The van der Waals surface area contributed by atoms with Crippen molar-refractivity contribution in [3.05, 3.63) is 30.1 Å². The van der Waals surface area contributed by atoms with Crippen molar-refractivity contribution in [1.29, 1.82) is 0 Å². The smallest absolute Gasteiger partial charge is 0.329 e. The number of hydrogen-bond donors (Lipinski definition) is 1. The van der Waals surface area contributed by atoms with Crippen LogP contribution in [0.2, 0.25) is 0 Å². The highest BCUT2D eigenvalue weighted by atomic mass is 16.2. The first-order valence-electron chi connectivity index (χ1n) is 6.80. The van der Waals surface area contributed by atoms with E-state index in [0.717, 1.165) is 31.2 Å². The van der Waals surface area contributed by atoms with Gasteiger partial charge in [-0.25, -0.2) is 5.43 Å². The molecule has 1 aromatic heterocycles. The van der Waals surface area contributed by atoms with Crippen molar-refractivity contribution in [3.8, 4) is 0 Å². The fourth-order valence-corrected chi connectivity index (χ4v) is 2.08. The average molecular weight is 274 g/mol. The van der Waals surface area contributed by atoms with Gasteiger partial charge in [0, 0.05) is 31.0 Å². The first-order valence-corrected chi connectivity index (χ1v) is 6.80. The second-order valence-corrected chi connectivity index (χ2v) is 4.69. The van der Waals surface area contributed by atoms with E-state index in [-0.39, 0.29) is 0 Å². The lowest BCUT2D eigenvalue weighted by Crippen LogP contribution is -2.41. The van der Waals surface area contributed by atoms with Crippen molar-refractivity contribution in [2.75, 3.05) is 13.1 Å². The summed E-state index contributed by atoms with van der Waals surface area (Å²) in [5.74, 6) is -1.19. The predicted octanol–water partition coefficient (Wildman–Crippen LogP) is 0.934. The highest BCUT2D eigenvalue weighted by Gasteiger charge is 2.21. The number of pyridine rings is 1. The molecule has 1 saturated heterocycles. The van der Waals surface area contributed by atoms with Crippen molar-refractivity contribution >= 4 is 18.0 Å². The van der Waals surface area contributed by atoms with Gasteiger partial charge < -0.3 is 4.90 Å². The van der Waals surface area contributed by atoms with Crippen LogP contribution in [0.15, 0.2) is 29.6 Å². The summed E-state index contributed by atoms with van der Waals surface area (Å²) in [6, 6.07) is 3.57. The minimum absolute atomic E-state index is 0.504. The molecular formula is C14H18N4O2. The van der Waals surface area contributed by atoms with Crippen LogP contribution in [-0.2, 0) is 9.59 Å². The molecule has 6 heteroatoms. The molecule has 0 aromatic carbocycles. The van der Waals surface area contributed by atoms with E-state index in [9.17, 15) is 9.59 Å². The van der Waals surface area contributed by atoms with Gasteiger partial charge in [0.25, 0.3) is 0 Å². The van der Waals surface area contributed by atoms with Gasteiger partial charge in [-0.1, -0.05) is 18.9 Å². The monoisotopic (exact) mass is 274 g/mol. The fourth-order valence-electron chi connectivity index (χ4n) is 2.08.